The molecule has 19 heavy (non-hydrogen) atoms. The van der Waals surface area contributed by atoms with Gasteiger partial charge in [-0.2, -0.15) is 26.8 Å². The van der Waals surface area contributed by atoms with Crippen LogP contribution < -0.4 is 11.1 Å². The first-order valence-corrected chi connectivity index (χ1v) is 7.66. The molecule has 0 aromatic carbocycles. The third-order valence-corrected chi connectivity index (χ3v) is 4.56. The van der Waals surface area contributed by atoms with Crippen LogP contribution in [0.5, 0.6) is 0 Å². The molecule has 0 unspecified atom stereocenters. The van der Waals surface area contributed by atoms with Crippen LogP contribution in [0.2, 0.25) is 0 Å². The van der Waals surface area contributed by atoms with Gasteiger partial charge in [-0.25, -0.2) is 0 Å². The monoisotopic (exact) mass is 278 g/mol. The molecule has 3 rings (SSSR count). The summed E-state index contributed by atoms with van der Waals surface area (Å²) in [5.74, 6) is 4.34. The van der Waals surface area contributed by atoms with Crippen LogP contribution in [0, 0.1) is 5.92 Å². The number of nitrogen functional groups attached to an aromatic ring is 1. The molecule has 2 aromatic heterocycles. The van der Waals surface area contributed by atoms with Gasteiger partial charge in [0.05, 0.1) is 11.6 Å². The molecule has 0 aliphatic carbocycles. The zero-order valence-corrected chi connectivity index (χ0v) is 11.8. The first kappa shape index (κ1) is 12.5. The standard InChI is InChI=1S/C12H18N6S/c1-18-11-9(7-15-18)10(16-12(13)17-11)14-6-8-2-4-19-5-3-8/h7-8H,2-6H2,1H3,(H3,13,14,16,17). The van der Waals surface area contributed by atoms with Crippen LogP contribution >= 0.6 is 11.8 Å². The van der Waals surface area contributed by atoms with Gasteiger partial charge in [-0.15, -0.1) is 0 Å². The molecule has 6 nitrogen and oxygen atoms in total. The Morgan fingerprint density at radius 2 is 2.21 bits per heavy atom. The maximum atomic E-state index is 5.75. The quantitative estimate of drug-likeness (QED) is 0.885. The Bertz CT molecular complexity index is 575. The van der Waals surface area contributed by atoms with Gasteiger partial charge in [0.1, 0.15) is 5.82 Å². The molecule has 3 heterocycles. The Kier molecular flexibility index (Phi) is 3.46. The van der Waals surface area contributed by atoms with E-state index in [1.54, 1.807) is 10.9 Å². The van der Waals surface area contributed by atoms with Gasteiger partial charge in [-0.05, 0) is 30.3 Å². The molecule has 0 spiro atoms. The molecule has 102 valence electrons. The van der Waals surface area contributed by atoms with Gasteiger partial charge >= 0.3 is 0 Å². The van der Waals surface area contributed by atoms with Crippen LogP contribution in [0.25, 0.3) is 11.0 Å². The van der Waals surface area contributed by atoms with Crippen molar-refractivity contribution in [2.75, 3.05) is 29.1 Å². The summed E-state index contributed by atoms with van der Waals surface area (Å²) in [6, 6.07) is 0. The van der Waals surface area contributed by atoms with Crippen LogP contribution in [-0.4, -0.2) is 37.8 Å². The number of rotatable bonds is 3. The molecule has 0 saturated carbocycles. The zero-order chi connectivity index (χ0) is 13.2. The van der Waals surface area contributed by atoms with E-state index >= 15 is 0 Å². The van der Waals surface area contributed by atoms with Crippen LogP contribution in [0.3, 0.4) is 0 Å². The average molecular weight is 278 g/mol. The molecule has 1 saturated heterocycles. The van der Waals surface area contributed by atoms with Gasteiger partial charge < -0.3 is 11.1 Å². The second-order valence-electron chi connectivity index (χ2n) is 4.87. The van der Waals surface area contributed by atoms with Gasteiger partial charge in [-0.1, -0.05) is 0 Å². The van der Waals surface area contributed by atoms with Gasteiger partial charge in [-0.3, -0.25) is 4.68 Å². The van der Waals surface area contributed by atoms with E-state index in [0.29, 0.717) is 0 Å². The predicted molar refractivity (Wildman–Crippen MR) is 79.3 cm³/mol. The fourth-order valence-corrected chi connectivity index (χ4v) is 3.57. The van der Waals surface area contributed by atoms with E-state index in [2.05, 4.69) is 20.4 Å². The van der Waals surface area contributed by atoms with Crippen molar-refractivity contribution < 1.29 is 0 Å². The topological polar surface area (TPSA) is 81.7 Å². The second-order valence-corrected chi connectivity index (χ2v) is 6.10. The Morgan fingerprint density at radius 3 is 3.00 bits per heavy atom. The first-order chi connectivity index (χ1) is 9.24. The van der Waals surface area contributed by atoms with Crippen molar-refractivity contribution in [1.29, 1.82) is 0 Å². The summed E-state index contributed by atoms with van der Waals surface area (Å²) < 4.78 is 1.72. The molecule has 0 amide bonds. The van der Waals surface area contributed by atoms with Crippen molar-refractivity contribution in [3.05, 3.63) is 6.20 Å². The number of nitrogens with zero attached hydrogens (tertiary/aromatic N) is 4. The molecule has 2 aromatic rings. The Balaban J connectivity index is 1.79. The molecular weight excluding hydrogens is 260 g/mol. The van der Waals surface area contributed by atoms with Crippen molar-refractivity contribution in [3.8, 4) is 0 Å². The molecule has 7 heteroatoms. The van der Waals surface area contributed by atoms with Crippen LogP contribution in [0.4, 0.5) is 11.8 Å². The minimum atomic E-state index is 0.290. The van der Waals surface area contributed by atoms with Crippen molar-refractivity contribution in [2.45, 2.75) is 12.8 Å². The number of hydrogen-bond acceptors (Lipinski definition) is 6. The van der Waals surface area contributed by atoms with E-state index in [0.717, 1.165) is 29.3 Å². The SMILES string of the molecule is Cn1ncc2c(NCC3CCSCC3)nc(N)nc21. The normalized spacial score (nSPS) is 16.9. The van der Waals surface area contributed by atoms with Gasteiger partial charge in [0, 0.05) is 13.6 Å². The van der Waals surface area contributed by atoms with Crippen LogP contribution in [0.15, 0.2) is 6.20 Å². The minimum absolute atomic E-state index is 0.290. The number of thioether (sulfide) groups is 1. The number of aryl methyl sites for hydroxylation is 1. The molecule has 0 atom stereocenters. The molecule has 1 fully saturated rings. The fourth-order valence-electron chi connectivity index (χ4n) is 2.37. The van der Waals surface area contributed by atoms with E-state index in [1.165, 1.54) is 24.3 Å². The number of anilines is 2. The summed E-state index contributed by atoms with van der Waals surface area (Å²) in [4.78, 5) is 8.51. The molecular formula is C12H18N6S. The van der Waals surface area contributed by atoms with Gasteiger partial charge in [0.15, 0.2) is 5.65 Å². The lowest BCUT2D eigenvalue weighted by molar-refractivity contribution is 0.516. The number of nitrogens with two attached hydrogens (primary N) is 1. The van der Waals surface area contributed by atoms with Crippen molar-refractivity contribution >= 4 is 34.6 Å². The summed E-state index contributed by atoms with van der Waals surface area (Å²) in [7, 11) is 1.86. The van der Waals surface area contributed by atoms with E-state index in [4.69, 9.17) is 5.73 Å². The lowest BCUT2D eigenvalue weighted by Crippen LogP contribution is -2.20. The minimum Gasteiger partial charge on any atom is -0.369 e. The van der Waals surface area contributed by atoms with E-state index in [1.807, 2.05) is 18.8 Å². The third-order valence-electron chi connectivity index (χ3n) is 3.51. The zero-order valence-electron chi connectivity index (χ0n) is 11.0. The second kappa shape index (κ2) is 5.24. The van der Waals surface area contributed by atoms with Crippen molar-refractivity contribution in [3.63, 3.8) is 0 Å². The van der Waals surface area contributed by atoms with Crippen LogP contribution in [-0.2, 0) is 7.05 Å². The summed E-state index contributed by atoms with van der Waals surface area (Å²) in [5.41, 5.74) is 6.53. The van der Waals surface area contributed by atoms with E-state index in [-0.39, 0.29) is 5.95 Å². The maximum absolute atomic E-state index is 5.75. The van der Waals surface area contributed by atoms with Gasteiger partial charge in [0.25, 0.3) is 0 Å². The first-order valence-electron chi connectivity index (χ1n) is 6.51. The third kappa shape index (κ3) is 2.60. The van der Waals surface area contributed by atoms with E-state index < -0.39 is 0 Å². The number of nitrogens with one attached hydrogen (secondary N) is 1. The van der Waals surface area contributed by atoms with Crippen molar-refractivity contribution in [1.82, 2.24) is 19.7 Å². The van der Waals surface area contributed by atoms with E-state index in [9.17, 15) is 0 Å². The summed E-state index contributed by atoms with van der Waals surface area (Å²) in [6.45, 7) is 0.945. The Labute approximate surface area is 116 Å². The molecule has 0 radical (unpaired) electrons. The number of aromatic nitrogens is 4. The maximum Gasteiger partial charge on any atom is 0.224 e. The summed E-state index contributed by atoms with van der Waals surface area (Å²) in [6.07, 6.45) is 4.33. The lowest BCUT2D eigenvalue weighted by atomic mass is 10.0. The van der Waals surface area contributed by atoms with Crippen LogP contribution in [0.1, 0.15) is 12.8 Å². The number of fused-ring (bicyclic) bond motifs is 1. The Hall–Kier alpha value is -1.50. The number of hydrogen-bond donors (Lipinski definition) is 2. The average Bonchev–Trinajstić information content (AvgIpc) is 2.79. The Morgan fingerprint density at radius 1 is 1.42 bits per heavy atom. The molecule has 3 N–H and O–H groups in total. The summed E-state index contributed by atoms with van der Waals surface area (Å²) >= 11 is 2.04. The fraction of sp³-hybridized carbons (Fsp3) is 0.583. The molecule has 1 aliphatic heterocycles. The summed E-state index contributed by atoms with van der Waals surface area (Å²) in [5, 5.41) is 8.56. The molecule has 0 bridgehead atoms. The highest BCUT2D eigenvalue weighted by Gasteiger charge is 2.15. The lowest BCUT2D eigenvalue weighted by Gasteiger charge is -2.21. The van der Waals surface area contributed by atoms with Gasteiger partial charge in [0.2, 0.25) is 5.95 Å². The predicted octanol–water partition coefficient (Wildman–Crippen LogP) is 1.50. The highest BCUT2D eigenvalue weighted by Crippen LogP contribution is 2.25. The largest absolute Gasteiger partial charge is 0.369 e. The highest BCUT2D eigenvalue weighted by molar-refractivity contribution is 7.99. The smallest absolute Gasteiger partial charge is 0.224 e. The van der Waals surface area contributed by atoms with Crippen molar-refractivity contribution in [2.24, 2.45) is 13.0 Å². The molecule has 1 aliphatic rings. The highest BCUT2D eigenvalue weighted by atomic mass is 32.2.